The van der Waals surface area contributed by atoms with Crippen molar-refractivity contribution in [3.05, 3.63) is 59.3 Å². The molecule has 2 aromatic rings. The largest absolute Gasteiger partial charge is 0.481 e. The zero-order chi connectivity index (χ0) is 13.1. The van der Waals surface area contributed by atoms with E-state index in [0.717, 1.165) is 18.5 Å². The molecule has 3 nitrogen and oxygen atoms in total. The van der Waals surface area contributed by atoms with Gasteiger partial charge in [0.25, 0.3) is 0 Å². The second-order valence-electron chi connectivity index (χ2n) is 4.84. The Balaban J connectivity index is 1.71. The highest BCUT2D eigenvalue weighted by Gasteiger charge is 2.21. The highest BCUT2D eigenvalue weighted by molar-refractivity contribution is 5.34. The van der Waals surface area contributed by atoms with E-state index in [1.54, 1.807) is 13.3 Å². The van der Waals surface area contributed by atoms with Gasteiger partial charge in [-0.05, 0) is 30.0 Å². The molecule has 1 atom stereocenters. The maximum atomic E-state index is 5.28. The maximum Gasteiger partial charge on any atom is 0.217 e. The van der Waals surface area contributed by atoms with E-state index in [2.05, 4.69) is 40.6 Å². The van der Waals surface area contributed by atoms with Gasteiger partial charge in [0.1, 0.15) is 0 Å². The second kappa shape index (κ2) is 5.41. The van der Waals surface area contributed by atoms with Crippen LogP contribution in [-0.2, 0) is 13.0 Å². The van der Waals surface area contributed by atoms with Gasteiger partial charge in [-0.15, -0.1) is 0 Å². The lowest BCUT2D eigenvalue weighted by atomic mass is 10.1. The molecule has 0 saturated carbocycles. The molecule has 1 N–H and O–H groups in total. The molecule has 19 heavy (non-hydrogen) atoms. The number of benzene rings is 1. The topological polar surface area (TPSA) is 34.1 Å². The molecule has 0 aliphatic heterocycles. The fourth-order valence-electron chi connectivity index (χ4n) is 2.74. The number of ether oxygens (including phenoxy) is 1. The van der Waals surface area contributed by atoms with Gasteiger partial charge >= 0.3 is 0 Å². The summed E-state index contributed by atoms with van der Waals surface area (Å²) in [6.45, 7) is 0.788. The number of hydrogen-bond donors (Lipinski definition) is 1. The van der Waals surface area contributed by atoms with E-state index in [-0.39, 0.29) is 0 Å². The average Bonchev–Trinajstić information content (AvgIpc) is 2.89. The minimum absolute atomic E-state index is 0.445. The summed E-state index contributed by atoms with van der Waals surface area (Å²) in [5.41, 5.74) is 4.01. The lowest BCUT2D eigenvalue weighted by Gasteiger charge is -2.15. The summed E-state index contributed by atoms with van der Waals surface area (Å²) in [5.74, 6) is 0.710. The molecule has 0 bridgehead atoms. The Bertz CT molecular complexity index is 568. The number of nitrogens with one attached hydrogen (secondary N) is 1. The van der Waals surface area contributed by atoms with E-state index >= 15 is 0 Å². The van der Waals surface area contributed by atoms with Crippen molar-refractivity contribution in [1.29, 1.82) is 0 Å². The van der Waals surface area contributed by atoms with Crippen molar-refractivity contribution in [3.8, 4) is 5.88 Å². The van der Waals surface area contributed by atoms with Crippen LogP contribution in [0.3, 0.4) is 0 Å². The molecule has 0 fully saturated rings. The first-order valence-electron chi connectivity index (χ1n) is 6.67. The summed E-state index contributed by atoms with van der Waals surface area (Å²) in [5, 5.41) is 3.61. The number of hydrogen-bond acceptors (Lipinski definition) is 3. The Morgan fingerprint density at radius 1 is 1.26 bits per heavy atom. The van der Waals surface area contributed by atoms with Crippen LogP contribution in [0.2, 0.25) is 0 Å². The lowest BCUT2D eigenvalue weighted by Crippen LogP contribution is -2.19. The van der Waals surface area contributed by atoms with Crippen molar-refractivity contribution in [2.75, 3.05) is 7.11 Å². The first-order valence-corrected chi connectivity index (χ1v) is 6.67. The molecule has 1 aliphatic rings. The smallest absolute Gasteiger partial charge is 0.217 e. The zero-order valence-corrected chi connectivity index (χ0v) is 11.1. The quantitative estimate of drug-likeness (QED) is 0.911. The molecule has 0 radical (unpaired) electrons. The van der Waals surface area contributed by atoms with Crippen LogP contribution in [-0.4, -0.2) is 12.1 Å². The van der Waals surface area contributed by atoms with Crippen LogP contribution in [0, 0.1) is 0 Å². The second-order valence-corrected chi connectivity index (χ2v) is 4.84. The van der Waals surface area contributed by atoms with E-state index < -0.39 is 0 Å². The molecular weight excluding hydrogens is 236 g/mol. The van der Waals surface area contributed by atoms with Crippen molar-refractivity contribution in [2.45, 2.75) is 25.4 Å². The SMILES string of the molecule is COc1ncccc1CNC1CCc2ccccc21. The zero-order valence-electron chi connectivity index (χ0n) is 11.1. The van der Waals surface area contributed by atoms with E-state index in [9.17, 15) is 0 Å². The fraction of sp³-hybridized carbons (Fsp3) is 0.312. The molecule has 0 saturated heterocycles. The number of aryl methyl sites for hydroxylation is 1. The molecule has 1 unspecified atom stereocenters. The number of aromatic nitrogens is 1. The fourth-order valence-corrected chi connectivity index (χ4v) is 2.74. The van der Waals surface area contributed by atoms with Gasteiger partial charge in [-0.1, -0.05) is 30.3 Å². The van der Waals surface area contributed by atoms with E-state index in [1.807, 2.05) is 6.07 Å². The van der Waals surface area contributed by atoms with Crippen LogP contribution >= 0.6 is 0 Å². The monoisotopic (exact) mass is 254 g/mol. The highest BCUT2D eigenvalue weighted by atomic mass is 16.5. The molecule has 3 heteroatoms. The van der Waals surface area contributed by atoms with Crippen LogP contribution in [0.15, 0.2) is 42.6 Å². The number of pyridine rings is 1. The molecule has 1 aromatic heterocycles. The number of methoxy groups -OCH3 is 1. The van der Waals surface area contributed by atoms with Crippen LogP contribution in [0.25, 0.3) is 0 Å². The molecule has 1 heterocycles. The highest BCUT2D eigenvalue weighted by Crippen LogP contribution is 2.31. The third-order valence-corrected chi connectivity index (χ3v) is 3.72. The average molecular weight is 254 g/mol. The molecule has 98 valence electrons. The molecule has 0 amide bonds. The van der Waals surface area contributed by atoms with Crippen molar-refractivity contribution >= 4 is 0 Å². The van der Waals surface area contributed by atoms with E-state index in [1.165, 1.54) is 17.5 Å². The van der Waals surface area contributed by atoms with Gasteiger partial charge in [0.05, 0.1) is 7.11 Å². The third kappa shape index (κ3) is 2.47. The van der Waals surface area contributed by atoms with Gasteiger partial charge in [0.15, 0.2) is 0 Å². The van der Waals surface area contributed by atoms with Gasteiger partial charge in [-0.3, -0.25) is 0 Å². The summed E-state index contributed by atoms with van der Waals surface area (Å²) in [6, 6.07) is 13.1. The third-order valence-electron chi connectivity index (χ3n) is 3.72. The summed E-state index contributed by atoms with van der Waals surface area (Å²) in [4.78, 5) is 4.22. The van der Waals surface area contributed by atoms with Crippen molar-refractivity contribution < 1.29 is 4.74 Å². The predicted molar refractivity (Wildman–Crippen MR) is 75.1 cm³/mol. The predicted octanol–water partition coefficient (Wildman–Crippen LogP) is 2.87. The van der Waals surface area contributed by atoms with Crippen molar-refractivity contribution in [3.63, 3.8) is 0 Å². The number of rotatable bonds is 4. The van der Waals surface area contributed by atoms with E-state index in [4.69, 9.17) is 4.74 Å². The lowest BCUT2D eigenvalue weighted by molar-refractivity contribution is 0.388. The standard InChI is InChI=1S/C16H18N2O/c1-19-16-13(6-4-10-17-16)11-18-15-9-8-12-5-2-3-7-14(12)15/h2-7,10,15,18H,8-9,11H2,1H3. The van der Waals surface area contributed by atoms with Crippen LogP contribution < -0.4 is 10.1 Å². The first kappa shape index (κ1) is 12.2. The minimum atomic E-state index is 0.445. The van der Waals surface area contributed by atoms with Crippen LogP contribution in [0.4, 0.5) is 0 Å². The van der Waals surface area contributed by atoms with Gasteiger partial charge < -0.3 is 10.1 Å². The molecule has 1 aromatic carbocycles. The molecule has 3 rings (SSSR count). The Labute approximate surface area is 113 Å². The van der Waals surface area contributed by atoms with Crippen molar-refractivity contribution in [1.82, 2.24) is 10.3 Å². The Kier molecular flexibility index (Phi) is 3.47. The van der Waals surface area contributed by atoms with Gasteiger partial charge in [0.2, 0.25) is 5.88 Å². The summed E-state index contributed by atoms with van der Waals surface area (Å²) in [7, 11) is 1.66. The minimum Gasteiger partial charge on any atom is -0.481 e. The molecular formula is C16H18N2O. The first-order chi connectivity index (χ1) is 9.38. The number of nitrogens with zero attached hydrogens (tertiary/aromatic N) is 1. The van der Waals surface area contributed by atoms with Gasteiger partial charge in [-0.2, -0.15) is 0 Å². The normalized spacial score (nSPS) is 17.2. The van der Waals surface area contributed by atoms with Crippen LogP contribution in [0.5, 0.6) is 5.88 Å². The Morgan fingerprint density at radius 2 is 2.16 bits per heavy atom. The Morgan fingerprint density at radius 3 is 3.05 bits per heavy atom. The Hall–Kier alpha value is -1.87. The van der Waals surface area contributed by atoms with Crippen LogP contribution in [0.1, 0.15) is 29.2 Å². The van der Waals surface area contributed by atoms with Gasteiger partial charge in [-0.25, -0.2) is 4.98 Å². The van der Waals surface area contributed by atoms with Crippen molar-refractivity contribution in [2.24, 2.45) is 0 Å². The van der Waals surface area contributed by atoms with E-state index in [0.29, 0.717) is 11.9 Å². The molecule has 0 spiro atoms. The molecule has 1 aliphatic carbocycles. The number of fused-ring (bicyclic) bond motifs is 1. The summed E-state index contributed by atoms with van der Waals surface area (Å²) in [6.07, 6.45) is 4.09. The summed E-state index contributed by atoms with van der Waals surface area (Å²) < 4.78 is 5.28. The maximum absolute atomic E-state index is 5.28. The van der Waals surface area contributed by atoms with Gasteiger partial charge in [0, 0.05) is 24.3 Å². The summed E-state index contributed by atoms with van der Waals surface area (Å²) >= 11 is 0.